The number of methoxy groups -OCH3 is 1. The second-order valence-electron chi connectivity index (χ2n) is 8.29. The molecule has 1 aromatic carbocycles. The fourth-order valence-corrected chi connectivity index (χ4v) is 4.23. The summed E-state index contributed by atoms with van der Waals surface area (Å²) in [5.74, 6) is 0.773. The van der Waals surface area contributed by atoms with Crippen LogP contribution in [0.25, 0.3) is 0 Å². The molecular formula is C22H36FIN4O2. The van der Waals surface area contributed by atoms with Crippen LogP contribution in [0.5, 0.6) is 5.75 Å². The molecule has 3 N–H and O–H groups in total. The predicted molar refractivity (Wildman–Crippen MR) is 129 cm³/mol. The van der Waals surface area contributed by atoms with Gasteiger partial charge >= 0.3 is 0 Å². The molecular weight excluding hydrogens is 498 g/mol. The van der Waals surface area contributed by atoms with Gasteiger partial charge in [0.25, 0.3) is 0 Å². The third-order valence-electron chi connectivity index (χ3n) is 5.96. The fourth-order valence-electron chi connectivity index (χ4n) is 4.23. The molecule has 1 aromatic rings. The molecule has 2 fully saturated rings. The largest absolute Gasteiger partial charge is 0.494 e. The second kappa shape index (κ2) is 12.0. The number of benzene rings is 1. The van der Waals surface area contributed by atoms with Crippen molar-refractivity contribution in [3.05, 3.63) is 29.6 Å². The maximum atomic E-state index is 13.9. The van der Waals surface area contributed by atoms with Gasteiger partial charge in [0, 0.05) is 32.2 Å². The minimum Gasteiger partial charge on any atom is -0.494 e. The van der Waals surface area contributed by atoms with E-state index in [9.17, 15) is 9.50 Å². The molecule has 0 radical (unpaired) electrons. The number of halogens is 2. The first-order valence-electron chi connectivity index (χ1n) is 10.8. The Morgan fingerprint density at radius 3 is 2.60 bits per heavy atom. The number of ether oxygens (including phenoxy) is 1. The zero-order valence-corrected chi connectivity index (χ0v) is 20.5. The van der Waals surface area contributed by atoms with E-state index < -0.39 is 5.60 Å². The van der Waals surface area contributed by atoms with Crippen LogP contribution in [0.2, 0.25) is 0 Å². The van der Waals surface area contributed by atoms with Gasteiger partial charge in [-0.15, -0.1) is 24.0 Å². The number of likely N-dealkylation sites (tertiary alicyclic amines) is 1. The van der Waals surface area contributed by atoms with E-state index in [1.807, 2.05) is 6.07 Å². The summed E-state index contributed by atoms with van der Waals surface area (Å²) in [6, 6.07) is 5.54. The lowest BCUT2D eigenvalue weighted by molar-refractivity contribution is 0.0573. The second-order valence-corrected chi connectivity index (χ2v) is 8.29. The van der Waals surface area contributed by atoms with E-state index in [1.165, 1.54) is 7.11 Å². The Balaban J connectivity index is 0.00000320. The number of hydrogen-bond donors (Lipinski definition) is 3. The normalized spacial score (nSPS) is 19.9. The van der Waals surface area contributed by atoms with Gasteiger partial charge in [0.15, 0.2) is 17.5 Å². The molecule has 6 nitrogen and oxygen atoms in total. The first kappa shape index (κ1) is 25.1. The molecule has 1 aliphatic heterocycles. The highest BCUT2D eigenvalue weighted by Gasteiger charge is 2.31. The van der Waals surface area contributed by atoms with Gasteiger partial charge in [-0.3, -0.25) is 9.89 Å². The number of nitrogens with one attached hydrogen (secondary N) is 2. The van der Waals surface area contributed by atoms with Gasteiger partial charge in [0.2, 0.25) is 0 Å². The molecule has 0 atom stereocenters. The average Bonchev–Trinajstić information content (AvgIpc) is 3.15. The van der Waals surface area contributed by atoms with Crippen molar-refractivity contribution in [3.63, 3.8) is 0 Å². The zero-order chi connectivity index (χ0) is 20.7. The van der Waals surface area contributed by atoms with Gasteiger partial charge in [-0.25, -0.2) is 4.39 Å². The van der Waals surface area contributed by atoms with E-state index >= 15 is 0 Å². The van der Waals surface area contributed by atoms with E-state index in [0.29, 0.717) is 12.6 Å². The minimum absolute atomic E-state index is 0. The molecule has 8 heteroatoms. The van der Waals surface area contributed by atoms with E-state index in [4.69, 9.17) is 4.74 Å². The van der Waals surface area contributed by atoms with Crippen molar-refractivity contribution in [3.8, 4) is 5.75 Å². The van der Waals surface area contributed by atoms with Crippen LogP contribution in [0.1, 0.15) is 51.0 Å². The molecule has 2 aliphatic rings. The van der Waals surface area contributed by atoms with E-state index in [-0.39, 0.29) is 35.5 Å². The average molecular weight is 534 g/mol. The van der Waals surface area contributed by atoms with Gasteiger partial charge in [0.05, 0.1) is 19.3 Å². The van der Waals surface area contributed by atoms with Crippen molar-refractivity contribution in [1.29, 1.82) is 0 Å². The van der Waals surface area contributed by atoms with Crippen LogP contribution in [0.15, 0.2) is 23.2 Å². The Labute approximate surface area is 196 Å². The fraction of sp³-hybridized carbons (Fsp3) is 0.682. The molecule has 0 aromatic heterocycles. The molecule has 0 amide bonds. The number of aliphatic imine (C=N–C) groups is 1. The summed E-state index contributed by atoms with van der Waals surface area (Å²) in [6.07, 6.45) is 5.89. The smallest absolute Gasteiger partial charge is 0.191 e. The lowest BCUT2D eigenvalue weighted by Gasteiger charge is -2.33. The summed E-state index contributed by atoms with van der Waals surface area (Å²) in [6.45, 7) is 5.96. The number of nitrogens with zero attached hydrogens (tertiary/aromatic N) is 2. The first-order valence-corrected chi connectivity index (χ1v) is 10.8. The lowest BCUT2D eigenvalue weighted by Crippen LogP contribution is -2.49. The molecule has 1 saturated carbocycles. The Hall–Kier alpha value is -1.13. The molecule has 0 spiro atoms. The van der Waals surface area contributed by atoms with Crippen molar-refractivity contribution >= 4 is 29.9 Å². The minimum atomic E-state index is -0.626. The van der Waals surface area contributed by atoms with Crippen LogP contribution in [0, 0.1) is 5.82 Å². The highest BCUT2D eigenvalue weighted by molar-refractivity contribution is 14.0. The number of piperidine rings is 1. The first-order chi connectivity index (χ1) is 14.0. The van der Waals surface area contributed by atoms with E-state index in [0.717, 1.165) is 76.2 Å². The summed E-state index contributed by atoms with van der Waals surface area (Å²) >= 11 is 0. The summed E-state index contributed by atoms with van der Waals surface area (Å²) in [5.41, 5.74) is 0.341. The molecule has 3 rings (SSSR count). The Morgan fingerprint density at radius 2 is 2.00 bits per heavy atom. The monoisotopic (exact) mass is 534 g/mol. The Kier molecular flexibility index (Phi) is 10.1. The van der Waals surface area contributed by atoms with Crippen LogP contribution in [0.3, 0.4) is 0 Å². The van der Waals surface area contributed by atoms with Crippen LogP contribution in [-0.2, 0) is 6.54 Å². The number of rotatable bonds is 7. The van der Waals surface area contributed by atoms with E-state index in [2.05, 4.69) is 27.4 Å². The summed E-state index contributed by atoms with van der Waals surface area (Å²) < 4.78 is 18.9. The van der Waals surface area contributed by atoms with Crippen LogP contribution in [-0.4, -0.2) is 60.9 Å². The van der Waals surface area contributed by atoms with Crippen molar-refractivity contribution in [2.45, 2.75) is 63.6 Å². The van der Waals surface area contributed by atoms with Crippen molar-refractivity contribution in [1.82, 2.24) is 15.5 Å². The van der Waals surface area contributed by atoms with Gasteiger partial charge < -0.3 is 20.5 Å². The standard InChI is InChI=1S/C22H35FN4O2.HI/c1-3-24-21(25-16-22(28)10-4-5-11-22)26-18-8-12-27(13-9-18)15-17-6-7-20(29-2)19(23)14-17;/h6-7,14,18,28H,3-5,8-13,15-16H2,1-2H3,(H2,24,25,26);1H. The van der Waals surface area contributed by atoms with E-state index in [1.54, 1.807) is 12.1 Å². The lowest BCUT2D eigenvalue weighted by atomic mass is 10.0. The van der Waals surface area contributed by atoms with Crippen molar-refractivity contribution in [2.75, 3.05) is 33.3 Å². The third kappa shape index (κ3) is 7.23. The molecule has 30 heavy (non-hydrogen) atoms. The zero-order valence-electron chi connectivity index (χ0n) is 18.1. The summed E-state index contributed by atoms with van der Waals surface area (Å²) in [4.78, 5) is 7.00. The van der Waals surface area contributed by atoms with Gasteiger partial charge in [0.1, 0.15) is 0 Å². The molecule has 170 valence electrons. The summed E-state index contributed by atoms with van der Waals surface area (Å²) in [5, 5.41) is 17.4. The van der Waals surface area contributed by atoms with Crippen LogP contribution >= 0.6 is 24.0 Å². The topological polar surface area (TPSA) is 69.1 Å². The maximum absolute atomic E-state index is 13.9. The maximum Gasteiger partial charge on any atom is 0.191 e. The van der Waals surface area contributed by atoms with Gasteiger partial charge in [-0.1, -0.05) is 18.9 Å². The van der Waals surface area contributed by atoms with Crippen LogP contribution in [0.4, 0.5) is 4.39 Å². The number of aliphatic hydroxyl groups is 1. The molecule has 1 aliphatic carbocycles. The van der Waals surface area contributed by atoms with Crippen molar-refractivity contribution < 1.29 is 14.2 Å². The molecule has 0 bridgehead atoms. The number of guanidine groups is 1. The summed E-state index contributed by atoms with van der Waals surface area (Å²) in [7, 11) is 1.48. The van der Waals surface area contributed by atoms with Crippen molar-refractivity contribution in [2.24, 2.45) is 4.99 Å². The molecule has 1 saturated heterocycles. The number of hydrogen-bond acceptors (Lipinski definition) is 4. The van der Waals surface area contributed by atoms with Gasteiger partial charge in [-0.05, 0) is 50.3 Å². The SMILES string of the molecule is CCNC(=NCC1(O)CCCC1)NC1CCN(Cc2ccc(OC)c(F)c2)CC1.I. The Morgan fingerprint density at radius 1 is 1.30 bits per heavy atom. The quantitative estimate of drug-likeness (QED) is 0.285. The highest BCUT2D eigenvalue weighted by Crippen LogP contribution is 2.29. The van der Waals surface area contributed by atoms with Crippen LogP contribution < -0.4 is 15.4 Å². The molecule has 0 unspecified atom stereocenters. The Bertz CT molecular complexity index is 690. The highest BCUT2D eigenvalue weighted by atomic mass is 127. The third-order valence-corrected chi connectivity index (χ3v) is 5.96. The molecule has 1 heterocycles. The predicted octanol–water partition coefficient (Wildman–Crippen LogP) is 3.28. The van der Waals surface area contributed by atoms with Gasteiger partial charge in [-0.2, -0.15) is 0 Å².